The zero-order valence-corrected chi connectivity index (χ0v) is 9.96. The molecular formula is C12H10FN3O3. The van der Waals surface area contributed by atoms with Crippen LogP contribution in [0.2, 0.25) is 0 Å². The van der Waals surface area contributed by atoms with E-state index in [0.29, 0.717) is 5.82 Å². The van der Waals surface area contributed by atoms with Gasteiger partial charge in [-0.3, -0.25) is 10.1 Å². The summed E-state index contributed by atoms with van der Waals surface area (Å²) in [5.41, 5.74) is -0.593. The van der Waals surface area contributed by atoms with Crippen molar-refractivity contribution in [2.75, 3.05) is 12.4 Å². The van der Waals surface area contributed by atoms with E-state index in [1.807, 2.05) is 0 Å². The molecule has 7 heteroatoms. The molecule has 0 amide bonds. The zero-order valence-electron chi connectivity index (χ0n) is 9.96. The molecule has 1 N–H and O–H groups in total. The van der Waals surface area contributed by atoms with Gasteiger partial charge in [-0.2, -0.15) is 9.37 Å². The smallest absolute Gasteiger partial charge is 0.305 e. The van der Waals surface area contributed by atoms with Crippen molar-refractivity contribution >= 4 is 11.5 Å². The minimum absolute atomic E-state index is 0.142. The number of anilines is 1. The summed E-state index contributed by atoms with van der Waals surface area (Å²) in [7, 11) is 1.71. The van der Waals surface area contributed by atoms with Crippen LogP contribution in [0.5, 0.6) is 11.6 Å². The van der Waals surface area contributed by atoms with E-state index < -0.39 is 16.4 Å². The Morgan fingerprint density at radius 2 is 2.16 bits per heavy atom. The summed E-state index contributed by atoms with van der Waals surface area (Å²) < 4.78 is 18.7. The maximum atomic E-state index is 13.4. The molecule has 0 atom stereocenters. The van der Waals surface area contributed by atoms with Gasteiger partial charge in [0.25, 0.3) is 0 Å². The highest BCUT2D eigenvalue weighted by atomic mass is 19.1. The predicted octanol–water partition coefficient (Wildman–Crippen LogP) is 2.96. The molecule has 0 unspecified atom stereocenters. The number of halogens is 1. The summed E-state index contributed by atoms with van der Waals surface area (Å²) in [5.74, 6) is 0.0520. The first kappa shape index (κ1) is 12.7. The van der Waals surface area contributed by atoms with Crippen LogP contribution in [0.3, 0.4) is 0 Å². The Morgan fingerprint density at radius 1 is 1.37 bits per heavy atom. The SMILES string of the molecule is CNc1cccc(Oc2ccc([N+](=O)[O-])c(F)c2)n1. The third kappa shape index (κ3) is 2.95. The van der Waals surface area contributed by atoms with Gasteiger partial charge in [-0.1, -0.05) is 6.07 Å². The molecule has 0 aliphatic rings. The second-order valence-electron chi connectivity index (χ2n) is 3.58. The Kier molecular flexibility index (Phi) is 3.56. The molecule has 19 heavy (non-hydrogen) atoms. The first-order valence-electron chi connectivity index (χ1n) is 5.37. The molecule has 0 aliphatic heterocycles. The summed E-state index contributed by atoms with van der Waals surface area (Å²) >= 11 is 0. The Morgan fingerprint density at radius 3 is 2.79 bits per heavy atom. The summed E-state index contributed by atoms with van der Waals surface area (Å²) in [4.78, 5) is 13.8. The highest BCUT2D eigenvalue weighted by Gasteiger charge is 2.14. The standard InChI is InChI=1S/C12H10FN3O3/c1-14-11-3-2-4-12(15-11)19-8-5-6-10(16(17)18)9(13)7-8/h2-7H,1H3,(H,14,15). The predicted molar refractivity (Wildman–Crippen MR) is 66.9 cm³/mol. The van der Waals surface area contributed by atoms with E-state index in [-0.39, 0.29) is 11.6 Å². The van der Waals surface area contributed by atoms with Crippen LogP contribution in [0.1, 0.15) is 0 Å². The van der Waals surface area contributed by atoms with Gasteiger partial charge < -0.3 is 10.1 Å². The van der Waals surface area contributed by atoms with Gasteiger partial charge in [0.15, 0.2) is 0 Å². The quantitative estimate of drug-likeness (QED) is 0.677. The molecule has 0 saturated carbocycles. The zero-order chi connectivity index (χ0) is 13.8. The van der Waals surface area contributed by atoms with E-state index in [9.17, 15) is 14.5 Å². The first-order valence-corrected chi connectivity index (χ1v) is 5.37. The Labute approximate surface area is 108 Å². The molecule has 0 saturated heterocycles. The highest BCUT2D eigenvalue weighted by molar-refractivity contribution is 5.41. The number of nitrogens with zero attached hydrogens (tertiary/aromatic N) is 2. The van der Waals surface area contributed by atoms with Crippen LogP contribution in [-0.4, -0.2) is 17.0 Å². The van der Waals surface area contributed by atoms with Gasteiger partial charge in [0.2, 0.25) is 11.7 Å². The lowest BCUT2D eigenvalue weighted by atomic mass is 10.3. The Bertz CT molecular complexity index is 619. The molecule has 1 aromatic carbocycles. The average molecular weight is 263 g/mol. The summed E-state index contributed by atoms with van der Waals surface area (Å²) in [6, 6.07) is 8.37. The van der Waals surface area contributed by atoms with Crippen LogP contribution >= 0.6 is 0 Å². The molecule has 0 spiro atoms. The van der Waals surface area contributed by atoms with Crippen molar-refractivity contribution in [2.24, 2.45) is 0 Å². The Hall–Kier alpha value is -2.70. The first-order chi connectivity index (χ1) is 9.10. The number of pyridine rings is 1. The van der Waals surface area contributed by atoms with E-state index in [0.717, 1.165) is 12.1 Å². The fourth-order valence-corrected chi connectivity index (χ4v) is 1.43. The van der Waals surface area contributed by atoms with Gasteiger partial charge in [-0.05, 0) is 12.1 Å². The van der Waals surface area contributed by atoms with E-state index in [1.54, 1.807) is 25.2 Å². The summed E-state index contributed by atoms with van der Waals surface area (Å²) in [6.07, 6.45) is 0. The minimum atomic E-state index is -0.952. The van der Waals surface area contributed by atoms with E-state index in [1.165, 1.54) is 6.07 Å². The third-order valence-corrected chi connectivity index (χ3v) is 2.32. The van der Waals surface area contributed by atoms with Crippen molar-refractivity contribution in [1.82, 2.24) is 4.98 Å². The number of hydrogen-bond acceptors (Lipinski definition) is 5. The number of nitro groups is 1. The molecule has 6 nitrogen and oxygen atoms in total. The fourth-order valence-electron chi connectivity index (χ4n) is 1.43. The van der Waals surface area contributed by atoms with Crippen molar-refractivity contribution < 1.29 is 14.1 Å². The molecule has 2 aromatic rings. The van der Waals surface area contributed by atoms with Gasteiger partial charge in [-0.15, -0.1) is 0 Å². The second kappa shape index (κ2) is 5.30. The van der Waals surface area contributed by atoms with Gasteiger partial charge in [0, 0.05) is 25.2 Å². The fraction of sp³-hybridized carbons (Fsp3) is 0.0833. The molecule has 2 rings (SSSR count). The topological polar surface area (TPSA) is 77.3 Å². The molecule has 98 valence electrons. The Balaban J connectivity index is 2.23. The van der Waals surface area contributed by atoms with Crippen molar-refractivity contribution in [3.63, 3.8) is 0 Å². The number of ether oxygens (including phenoxy) is 1. The summed E-state index contributed by atoms with van der Waals surface area (Å²) in [6.45, 7) is 0. The molecule has 0 aliphatic carbocycles. The van der Waals surface area contributed by atoms with Crippen molar-refractivity contribution in [3.05, 3.63) is 52.3 Å². The van der Waals surface area contributed by atoms with Gasteiger partial charge in [0.1, 0.15) is 11.6 Å². The second-order valence-corrected chi connectivity index (χ2v) is 3.58. The molecule has 0 fully saturated rings. The lowest BCUT2D eigenvalue weighted by Crippen LogP contribution is -1.96. The average Bonchev–Trinajstić information content (AvgIpc) is 2.38. The highest BCUT2D eigenvalue weighted by Crippen LogP contribution is 2.26. The third-order valence-electron chi connectivity index (χ3n) is 2.32. The number of hydrogen-bond donors (Lipinski definition) is 1. The molecular weight excluding hydrogens is 253 g/mol. The number of rotatable bonds is 4. The molecule has 1 aromatic heterocycles. The monoisotopic (exact) mass is 263 g/mol. The van der Waals surface area contributed by atoms with Crippen LogP contribution in [0, 0.1) is 15.9 Å². The molecule has 1 heterocycles. The van der Waals surface area contributed by atoms with Gasteiger partial charge >= 0.3 is 5.69 Å². The van der Waals surface area contributed by atoms with E-state index in [4.69, 9.17) is 4.74 Å². The molecule has 0 radical (unpaired) electrons. The van der Waals surface area contributed by atoms with Crippen LogP contribution in [0.25, 0.3) is 0 Å². The lowest BCUT2D eigenvalue weighted by Gasteiger charge is -2.06. The lowest BCUT2D eigenvalue weighted by molar-refractivity contribution is -0.387. The van der Waals surface area contributed by atoms with Crippen LogP contribution in [0.15, 0.2) is 36.4 Å². The maximum absolute atomic E-state index is 13.4. The van der Waals surface area contributed by atoms with E-state index >= 15 is 0 Å². The number of aromatic nitrogens is 1. The van der Waals surface area contributed by atoms with Crippen molar-refractivity contribution in [2.45, 2.75) is 0 Å². The maximum Gasteiger partial charge on any atom is 0.305 e. The minimum Gasteiger partial charge on any atom is -0.439 e. The van der Waals surface area contributed by atoms with Gasteiger partial charge in [0.05, 0.1) is 4.92 Å². The largest absolute Gasteiger partial charge is 0.439 e. The van der Waals surface area contributed by atoms with Crippen molar-refractivity contribution in [3.8, 4) is 11.6 Å². The van der Waals surface area contributed by atoms with Gasteiger partial charge in [-0.25, -0.2) is 0 Å². The van der Waals surface area contributed by atoms with Crippen LogP contribution in [0.4, 0.5) is 15.9 Å². The van der Waals surface area contributed by atoms with Crippen molar-refractivity contribution in [1.29, 1.82) is 0 Å². The van der Waals surface area contributed by atoms with Crippen LogP contribution in [-0.2, 0) is 0 Å². The van der Waals surface area contributed by atoms with E-state index in [2.05, 4.69) is 10.3 Å². The number of nitro benzene ring substituents is 1. The van der Waals surface area contributed by atoms with Crippen LogP contribution < -0.4 is 10.1 Å². The normalized spacial score (nSPS) is 10.0. The molecule has 0 bridgehead atoms. The number of benzene rings is 1. The summed E-state index contributed by atoms with van der Waals surface area (Å²) in [5, 5.41) is 13.3. The number of nitrogens with one attached hydrogen (secondary N) is 1.